The van der Waals surface area contributed by atoms with E-state index >= 15 is 0 Å². The van der Waals surface area contributed by atoms with Crippen molar-refractivity contribution >= 4 is 18.1 Å². The summed E-state index contributed by atoms with van der Waals surface area (Å²) >= 11 is 0. The Labute approximate surface area is 287 Å². The Morgan fingerprint density at radius 1 is 0.755 bits per heavy atom. The Morgan fingerprint density at radius 2 is 1.22 bits per heavy atom. The Bertz CT molecular complexity index is 1260. The molecule has 0 heterocycles. The summed E-state index contributed by atoms with van der Waals surface area (Å²) in [5, 5.41) is 63.9. The van der Waals surface area contributed by atoms with Crippen LogP contribution in [0.4, 0.5) is 9.59 Å². The van der Waals surface area contributed by atoms with Gasteiger partial charge in [-0.05, 0) is 50.7 Å². The van der Waals surface area contributed by atoms with Gasteiger partial charge in [-0.2, -0.15) is 0 Å². The smallest absolute Gasteiger partial charge is 0.407 e. The van der Waals surface area contributed by atoms with Gasteiger partial charge in [-0.25, -0.2) is 9.59 Å². The first-order valence-corrected chi connectivity index (χ1v) is 16.0. The molecule has 49 heavy (non-hydrogen) atoms. The molecule has 15 nitrogen and oxygen atoms in total. The maximum atomic E-state index is 13.4. The van der Waals surface area contributed by atoms with Gasteiger partial charge >= 0.3 is 12.2 Å². The molecule has 0 aliphatic rings. The van der Waals surface area contributed by atoms with Gasteiger partial charge in [-0.3, -0.25) is 4.79 Å². The lowest BCUT2D eigenvalue weighted by Gasteiger charge is -2.30. The number of carbonyl (C=O) groups is 3. The van der Waals surface area contributed by atoms with E-state index in [1.807, 2.05) is 60.7 Å². The second-order valence-electron chi connectivity index (χ2n) is 12.8. The number of amides is 3. The number of rotatable bonds is 18. The minimum Gasteiger partial charge on any atom is -0.447 e. The number of benzene rings is 2. The molecule has 8 N–H and O–H groups in total. The van der Waals surface area contributed by atoms with Crippen LogP contribution in [-0.4, -0.2) is 107 Å². The highest BCUT2D eigenvalue weighted by molar-refractivity contribution is 5.86. The van der Waals surface area contributed by atoms with Crippen LogP contribution in [0.15, 0.2) is 60.7 Å². The highest BCUT2D eigenvalue weighted by Crippen LogP contribution is 2.12. The van der Waals surface area contributed by atoms with Crippen molar-refractivity contribution in [2.75, 3.05) is 26.3 Å². The average molecular weight is 689 g/mol. The van der Waals surface area contributed by atoms with Crippen LogP contribution in [0.1, 0.15) is 45.7 Å². The van der Waals surface area contributed by atoms with Gasteiger partial charge in [0.1, 0.15) is 24.4 Å². The van der Waals surface area contributed by atoms with Gasteiger partial charge in [0, 0.05) is 23.9 Å². The summed E-state index contributed by atoms with van der Waals surface area (Å²) in [6.07, 6.45) is -4.41. The molecule has 2 rings (SSSR count). The van der Waals surface area contributed by atoms with Crippen LogP contribution in [-0.2, 0) is 27.1 Å². The Morgan fingerprint density at radius 3 is 1.65 bits per heavy atom. The molecule has 0 saturated carbocycles. The second kappa shape index (κ2) is 22.3. The number of hydrogen-bond acceptors (Lipinski definition) is 12. The van der Waals surface area contributed by atoms with E-state index < -0.39 is 73.3 Å². The quantitative estimate of drug-likeness (QED) is 0.103. The first-order valence-electron chi connectivity index (χ1n) is 16.0. The molecular weight excluding hydrogens is 636 g/mol. The third kappa shape index (κ3) is 17.6. The zero-order valence-corrected chi connectivity index (χ0v) is 28.8. The van der Waals surface area contributed by atoms with Crippen LogP contribution in [0.5, 0.6) is 0 Å². The van der Waals surface area contributed by atoms with Crippen LogP contribution in [0.3, 0.4) is 0 Å². The van der Waals surface area contributed by atoms with Crippen molar-refractivity contribution in [3.8, 4) is 0 Å². The zero-order chi connectivity index (χ0) is 37.0. The molecule has 0 radical (unpaired) electrons. The lowest BCUT2D eigenvalue weighted by Crippen LogP contribution is -2.57. The fourth-order valence-electron chi connectivity index (χ4n) is 4.63. The Balaban J connectivity index is 0.00000589. The minimum absolute atomic E-state index is 0.0120. The number of nitrogens with zero attached hydrogens (tertiary/aromatic N) is 2. The summed E-state index contributed by atoms with van der Waals surface area (Å²) in [5.74, 6) is -0.906. The molecule has 0 bridgehead atoms. The minimum atomic E-state index is -1.25. The highest BCUT2D eigenvalue weighted by Gasteiger charge is 2.30. The van der Waals surface area contributed by atoms with Crippen molar-refractivity contribution in [1.82, 2.24) is 21.3 Å². The van der Waals surface area contributed by atoms with E-state index in [0.717, 1.165) is 11.1 Å². The molecule has 2 aromatic rings. The summed E-state index contributed by atoms with van der Waals surface area (Å²) in [4.78, 5) is 38.2. The third-order valence-corrected chi connectivity index (χ3v) is 7.10. The number of aliphatic hydroxyl groups excluding tert-OH is 4. The summed E-state index contributed by atoms with van der Waals surface area (Å²) < 4.78 is 10.3. The van der Waals surface area contributed by atoms with Crippen molar-refractivity contribution < 1.29 is 44.3 Å². The first kappa shape index (κ1) is 42.7. The van der Waals surface area contributed by atoms with Crippen LogP contribution in [0.2, 0.25) is 0 Å². The van der Waals surface area contributed by atoms with E-state index in [-0.39, 0.29) is 25.4 Å². The van der Waals surface area contributed by atoms with E-state index in [1.165, 1.54) is 0 Å². The van der Waals surface area contributed by atoms with E-state index in [0.29, 0.717) is 6.42 Å². The molecule has 15 heteroatoms. The molecule has 5 unspecified atom stereocenters. The molecule has 0 saturated heterocycles. The molecule has 6 atom stereocenters. The molecule has 0 spiro atoms. The summed E-state index contributed by atoms with van der Waals surface area (Å²) in [7, 11) is 0. The summed E-state index contributed by atoms with van der Waals surface area (Å²) in [6, 6.07) is 16.1. The van der Waals surface area contributed by atoms with Crippen molar-refractivity contribution in [1.29, 1.82) is 10.8 Å². The highest BCUT2D eigenvalue weighted by atomic mass is 16.6. The fraction of sp³-hybridized carbons (Fsp3) is 0.559. The predicted molar refractivity (Wildman–Crippen MR) is 180 cm³/mol. The molecule has 0 aromatic heterocycles. The molecule has 3 amide bonds. The largest absolute Gasteiger partial charge is 0.447 e. The van der Waals surface area contributed by atoms with E-state index in [1.54, 1.807) is 34.6 Å². The van der Waals surface area contributed by atoms with E-state index in [9.17, 15) is 29.7 Å². The number of nitrogens with one attached hydrogen (secondary N) is 4. The number of ether oxygens (including phenoxy) is 2. The summed E-state index contributed by atoms with van der Waals surface area (Å²) in [6.45, 7) is 7.68. The number of hydrogen-bond donors (Lipinski definition) is 8. The normalized spacial score (nSPS) is 14.9. The van der Waals surface area contributed by atoms with Crippen LogP contribution in [0, 0.1) is 16.7 Å². The van der Waals surface area contributed by atoms with Gasteiger partial charge in [-0.1, -0.05) is 74.5 Å². The van der Waals surface area contributed by atoms with Gasteiger partial charge in [0.25, 0.3) is 0 Å². The van der Waals surface area contributed by atoms with Crippen molar-refractivity contribution in [3.63, 3.8) is 0 Å². The Hall–Kier alpha value is -4.33. The number of carbonyl (C=O) groups excluding carboxylic acids is 3. The molecule has 2 aromatic carbocycles. The molecule has 0 aliphatic heterocycles. The van der Waals surface area contributed by atoms with Crippen LogP contribution in [0.25, 0.3) is 0 Å². The molecule has 272 valence electrons. The van der Waals surface area contributed by atoms with Gasteiger partial charge in [-0.15, -0.1) is 0 Å². The van der Waals surface area contributed by atoms with Gasteiger partial charge < -0.3 is 51.2 Å². The number of alkyl carbamates (subject to hydrolysis) is 2. The summed E-state index contributed by atoms with van der Waals surface area (Å²) in [5.41, 5.74) is 1.03. The maximum absolute atomic E-state index is 13.4. The Kier molecular flexibility index (Phi) is 19.5. The second-order valence-corrected chi connectivity index (χ2v) is 12.8. The van der Waals surface area contributed by atoms with E-state index in [2.05, 4.69) is 21.3 Å². The fourth-order valence-corrected chi connectivity index (χ4v) is 4.63. The van der Waals surface area contributed by atoms with Crippen molar-refractivity contribution in [2.45, 2.75) is 89.5 Å². The standard InChI is InChI=1S/C34H52N4O9.N2/c1-22(2)30(38-32(44)46-21-25(40)20-39)31(43)36-26(16-23-12-8-6-9-13-23)28(41)18-35-19-29(42)27(17-24-14-10-7-11-15-24)37-33(45)47-34(3,4)5;1-2/h6-15,22,25-30,35,39-42H,16-21H2,1-5H3,(H,36,43)(H,37,45)(H,38,44);/t25?,26?,27?,28?,29?,30-;/m0./s1. The van der Waals surface area contributed by atoms with Crippen LogP contribution < -0.4 is 21.3 Å². The van der Waals surface area contributed by atoms with E-state index in [4.69, 9.17) is 25.4 Å². The average Bonchev–Trinajstić information content (AvgIpc) is 3.06. The van der Waals surface area contributed by atoms with Gasteiger partial charge in [0.15, 0.2) is 0 Å². The lowest BCUT2D eigenvalue weighted by molar-refractivity contribution is -0.125. The first-order chi connectivity index (χ1) is 23.2. The molecule has 0 aliphatic carbocycles. The third-order valence-electron chi connectivity index (χ3n) is 7.10. The SMILES string of the molecule is CC(C)[C@H](NC(=O)OCC(O)CO)C(=O)NC(Cc1ccccc1)C(O)CNCC(O)C(Cc1ccccc1)NC(=O)OC(C)(C)C.N#N. The van der Waals surface area contributed by atoms with Crippen molar-refractivity contribution in [2.24, 2.45) is 5.92 Å². The number of aliphatic hydroxyl groups is 4. The van der Waals surface area contributed by atoms with Gasteiger partial charge in [0.2, 0.25) is 5.91 Å². The molecular formula is C34H52N6O9. The maximum Gasteiger partial charge on any atom is 0.407 e. The van der Waals surface area contributed by atoms with Gasteiger partial charge in [0.05, 0.1) is 30.9 Å². The van der Waals surface area contributed by atoms with Crippen molar-refractivity contribution in [3.05, 3.63) is 71.8 Å². The van der Waals surface area contributed by atoms with Crippen LogP contribution >= 0.6 is 0 Å². The predicted octanol–water partition coefficient (Wildman–Crippen LogP) is 1.30. The lowest BCUT2D eigenvalue weighted by atomic mass is 9.98. The molecule has 0 fully saturated rings. The monoisotopic (exact) mass is 688 g/mol. The topological polar surface area (TPSA) is 246 Å². The zero-order valence-electron chi connectivity index (χ0n) is 28.8.